The molecular weight excluding hydrogens is 110 g/mol. The Morgan fingerprint density at radius 2 is 2.25 bits per heavy atom. The molecule has 0 amide bonds. The van der Waals surface area contributed by atoms with E-state index in [1.807, 2.05) is 0 Å². The second-order valence-electron chi connectivity index (χ2n) is 1.56. The molecule has 0 saturated carbocycles. The first-order valence-electron chi connectivity index (χ1n) is 2.62. The molecule has 0 aliphatic carbocycles. The van der Waals surface area contributed by atoms with E-state index >= 15 is 0 Å². The van der Waals surface area contributed by atoms with Crippen LogP contribution < -0.4 is 0 Å². The molecule has 0 fully saturated rings. The van der Waals surface area contributed by atoms with Crippen LogP contribution in [0.1, 0.15) is 13.3 Å². The van der Waals surface area contributed by atoms with E-state index in [-0.39, 0.29) is 6.42 Å². The van der Waals surface area contributed by atoms with Gasteiger partial charge in [0.15, 0.2) is 0 Å². The highest BCUT2D eigenvalue weighted by atomic mass is 19.2. The quantitative estimate of drug-likeness (QED) is 0.501. The number of halogens is 2. The highest BCUT2D eigenvalue weighted by Crippen LogP contribution is 1.98. The number of hydrogen-bond donors (Lipinski definition) is 0. The maximum atomic E-state index is 11.9. The van der Waals surface area contributed by atoms with Crippen molar-refractivity contribution in [1.82, 2.24) is 0 Å². The van der Waals surface area contributed by atoms with Crippen LogP contribution in [0.3, 0.4) is 0 Å². The zero-order valence-corrected chi connectivity index (χ0v) is 4.90. The molecule has 0 aromatic heterocycles. The molecular formula is C6H10F2. The van der Waals surface area contributed by atoms with Crippen molar-refractivity contribution >= 4 is 0 Å². The van der Waals surface area contributed by atoms with Crippen molar-refractivity contribution in [2.75, 3.05) is 6.67 Å². The normalized spacial score (nSPS) is 14.9. The molecule has 8 heavy (non-hydrogen) atoms. The molecule has 0 heterocycles. The van der Waals surface area contributed by atoms with Gasteiger partial charge in [-0.1, -0.05) is 12.2 Å². The van der Waals surface area contributed by atoms with Gasteiger partial charge in [-0.05, 0) is 13.3 Å². The third-order valence-electron chi connectivity index (χ3n) is 0.795. The average Bonchev–Trinajstić information content (AvgIpc) is 1.83. The van der Waals surface area contributed by atoms with Crippen LogP contribution in [0.2, 0.25) is 0 Å². The zero-order valence-electron chi connectivity index (χ0n) is 4.90. The SMILES string of the molecule is C/C=C/CC(F)CF. The Balaban J connectivity index is 3.10. The predicted molar refractivity (Wildman–Crippen MR) is 30.3 cm³/mol. The fourth-order valence-electron chi connectivity index (χ4n) is 0.347. The summed E-state index contributed by atoms with van der Waals surface area (Å²) in [4.78, 5) is 0. The molecule has 0 aromatic carbocycles. The first-order chi connectivity index (χ1) is 3.81. The molecule has 0 spiro atoms. The van der Waals surface area contributed by atoms with Crippen molar-refractivity contribution in [2.24, 2.45) is 0 Å². The van der Waals surface area contributed by atoms with Gasteiger partial charge in [0.2, 0.25) is 0 Å². The Hall–Kier alpha value is -0.400. The lowest BCUT2D eigenvalue weighted by molar-refractivity contribution is 0.263. The molecule has 0 rings (SSSR count). The topological polar surface area (TPSA) is 0 Å². The molecule has 0 saturated heterocycles. The zero-order chi connectivity index (χ0) is 6.41. The molecule has 1 atom stereocenters. The monoisotopic (exact) mass is 120 g/mol. The van der Waals surface area contributed by atoms with Crippen LogP contribution in [-0.4, -0.2) is 12.8 Å². The fraction of sp³-hybridized carbons (Fsp3) is 0.667. The standard InChI is InChI=1S/C6H10F2/c1-2-3-4-6(8)5-7/h2-3,6H,4-5H2,1H3/b3-2+. The molecule has 0 aliphatic rings. The lowest BCUT2D eigenvalue weighted by Crippen LogP contribution is -1.98. The van der Waals surface area contributed by atoms with Crippen molar-refractivity contribution in [2.45, 2.75) is 19.5 Å². The van der Waals surface area contributed by atoms with Crippen molar-refractivity contribution in [1.29, 1.82) is 0 Å². The van der Waals surface area contributed by atoms with Crippen LogP contribution >= 0.6 is 0 Å². The minimum atomic E-state index is -1.30. The summed E-state index contributed by atoms with van der Waals surface area (Å²) in [5.41, 5.74) is 0. The van der Waals surface area contributed by atoms with E-state index in [2.05, 4.69) is 0 Å². The molecule has 0 nitrogen and oxygen atoms in total. The Morgan fingerprint density at radius 3 is 2.62 bits per heavy atom. The highest BCUT2D eigenvalue weighted by molar-refractivity contribution is 4.79. The van der Waals surface area contributed by atoms with E-state index in [4.69, 9.17) is 0 Å². The van der Waals surface area contributed by atoms with Gasteiger partial charge in [-0.25, -0.2) is 8.78 Å². The molecule has 0 aliphatic heterocycles. The van der Waals surface area contributed by atoms with Gasteiger partial charge in [-0.3, -0.25) is 0 Å². The summed E-state index contributed by atoms with van der Waals surface area (Å²) in [6, 6.07) is 0. The first kappa shape index (κ1) is 7.60. The molecule has 48 valence electrons. The maximum Gasteiger partial charge on any atom is 0.132 e. The van der Waals surface area contributed by atoms with E-state index in [1.165, 1.54) is 0 Å². The van der Waals surface area contributed by atoms with Crippen LogP contribution in [-0.2, 0) is 0 Å². The molecule has 1 unspecified atom stereocenters. The second kappa shape index (κ2) is 4.75. The number of alkyl halides is 2. The van der Waals surface area contributed by atoms with Crippen LogP contribution in [0, 0.1) is 0 Å². The summed E-state index contributed by atoms with van der Waals surface area (Å²) < 4.78 is 23.2. The van der Waals surface area contributed by atoms with Crippen LogP contribution in [0.5, 0.6) is 0 Å². The number of allylic oxidation sites excluding steroid dienone is 2. The Bertz CT molecular complexity index is 68.9. The lowest BCUT2D eigenvalue weighted by atomic mass is 10.3. The van der Waals surface area contributed by atoms with Gasteiger partial charge in [0.05, 0.1) is 0 Å². The van der Waals surface area contributed by atoms with Gasteiger partial charge < -0.3 is 0 Å². The molecule has 0 aromatic rings. The van der Waals surface area contributed by atoms with E-state index in [0.29, 0.717) is 0 Å². The van der Waals surface area contributed by atoms with Crippen LogP contribution in [0.15, 0.2) is 12.2 Å². The summed E-state index contributed by atoms with van der Waals surface area (Å²) in [5, 5.41) is 0. The van der Waals surface area contributed by atoms with Gasteiger partial charge in [0.25, 0.3) is 0 Å². The first-order valence-corrected chi connectivity index (χ1v) is 2.62. The molecule has 0 radical (unpaired) electrons. The van der Waals surface area contributed by atoms with Gasteiger partial charge in [0.1, 0.15) is 12.8 Å². The third kappa shape index (κ3) is 3.78. The van der Waals surface area contributed by atoms with E-state index in [1.54, 1.807) is 19.1 Å². The summed E-state index contributed by atoms with van der Waals surface area (Å²) in [6.45, 7) is 0.912. The molecule has 0 bridgehead atoms. The summed E-state index contributed by atoms with van der Waals surface area (Å²) >= 11 is 0. The number of rotatable bonds is 3. The van der Waals surface area contributed by atoms with Crippen molar-refractivity contribution in [3.05, 3.63) is 12.2 Å². The molecule has 2 heteroatoms. The second-order valence-corrected chi connectivity index (χ2v) is 1.56. The summed E-state index contributed by atoms with van der Waals surface area (Å²) in [6.07, 6.45) is 2.23. The third-order valence-corrected chi connectivity index (χ3v) is 0.795. The Morgan fingerprint density at radius 1 is 1.62 bits per heavy atom. The smallest absolute Gasteiger partial charge is 0.132 e. The molecule has 0 N–H and O–H groups in total. The van der Waals surface area contributed by atoms with Crippen molar-refractivity contribution < 1.29 is 8.78 Å². The van der Waals surface area contributed by atoms with Crippen LogP contribution in [0.4, 0.5) is 8.78 Å². The van der Waals surface area contributed by atoms with Gasteiger partial charge >= 0.3 is 0 Å². The van der Waals surface area contributed by atoms with Gasteiger partial charge in [-0.2, -0.15) is 0 Å². The highest BCUT2D eigenvalue weighted by Gasteiger charge is 1.99. The van der Waals surface area contributed by atoms with Crippen molar-refractivity contribution in [3.8, 4) is 0 Å². The van der Waals surface area contributed by atoms with Crippen LogP contribution in [0.25, 0.3) is 0 Å². The number of hydrogen-bond acceptors (Lipinski definition) is 0. The van der Waals surface area contributed by atoms with Crippen molar-refractivity contribution in [3.63, 3.8) is 0 Å². The lowest BCUT2D eigenvalue weighted by Gasteiger charge is -1.94. The summed E-state index contributed by atoms with van der Waals surface area (Å²) in [5.74, 6) is 0. The van der Waals surface area contributed by atoms with E-state index < -0.39 is 12.8 Å². The maximum absolute atomic E-state index is 11.9. The van der Waals surface area contributed by atoms with E-state index in [9.17, 15) is 8.78 Å². The average molecular weight is 120 g/mol. The van der Waals surface area contributed by atoms with Gasteiger partial charge in [0, 0.05) is 0 Å². The Kier molecular flexibility index (Phi) is 4.51. The predicted octanol–water partition coefficient (Wildman–Crippen LogP) is 2.26. The summed E-state index contributed by atoms with van der Waals surface area (Å²) in [7, 11) is 0. The fourth-order valence-corrected chi connectivity index (χ4v) is 0.347. The van der Waals surface area contributed by atoms with Gasteiger partial charge in [-0.15, -0.1) is 0 Å². The Labute approximate surface area is 48.2 Å². The minimum absolute atomic E-state index is 0.201. The van der Waals surface area contributed by atoms with E-state index in [0.717, 1.165) is 0 Å². The minimum Gasteiger partial charge on any atom is -0.248 e. The largest absolute Gasteiger partial charge is 0.248 e.